The number of halogens is 3. The van der Waals surface area contributed by atoms with Crippen molar-refractivity contribution in [1.29, 1.82) is 0 Å². The summed E-state index contributed by atoms with van der Waals surface area (Å²) in [6, 6.07) is 1.56. The highest BCUT2D eigenvalue weighted by Crippen LogP contribution is 2.42. The number of esters is 1. The average molecular weight is 666 g/mol. The van der Waals surface area contributed by atoms with Gasteiger partial charge in [-0.25, -0.2) is 9.78 Å². The maximum Gasteiger partial charge on any atom is 0.443 e. The smallest absolute Gasteiger partial charge is 0.443 e. The number of fused-ring (bicyclic) bond motifs is 2. The second kappa shape index (κ2) is 15.1. The lowest BCUT2D eigenvalue weighted by molar-refractivity contribution is -0.138. The number of carbonyl (C=O) groups is 4. The molecule has 2 aliphatic carbocycles. The van der Waals surface area contributed by atoms with Gasteiger partial charge in [-0.2, -0.15) is 13.2 Å². The van der Waals surface area contributed by atoms with Gasteiger partial charge < -0.3 is 25.3 Å². The van der Waals surface area contributed by atoms with E-state index in [4.69, 9.17) is 0 Å². The number of hydrogen-bond donors (Lipinski definition) is 3. The molecule has 15 heteroatoms. The molecule has 2 aliphatic rings. The van der Waals surface area contributed by atoms with E-state index in [2.05, 4.69) is 32.6 Å². The molecule has 0 radical (unpaired) electrons. The molecule has 0 aromatic carbocycles. The number of thiazole rings is 1. The molecule has 4 rings (SSSR count). The van der Waals surface area contributed by atoms with E-state index in [9.17, 15) is 37.1 Å². The minimum atomic E-state index is -4.75. The molecule has 0 saturated heterocycles. The van der Waals surface area contributed by atoms with Crippen LogP contribution in [0.25, 0.3) is 0 Å². The van der Waals surface area contributed by atoms with Gasteiger partial charge in [-0.15, -0.1) is 11.3 Å². The first-order valence-corrected chi connectivity index (χ1v) is 16.0. The number of carbonyl (C=O) groups excluding carboxylic acids is 4. The van der Waals surface area contributed by atoms with Crippen LogP contribution in [0, 0.1) is 24.7 Å². The van der Waals surface area contributed by atoms with Gasteiger partial charge in [0, 0.05) is 18.3 Å². The van der Waals surface area contributed by atoms with E-state index in [1.54, 1.807) is 0 Å². The zero-order valence-electron chi connectivity index (χ0n) is 25.8. The van der Waals surface area contributed by atoms with Crippen molar-refractivity contribution in [3.05, 3.63) is 56.4 Å². The first-order chi connectivity index (χ1) is 21.8. The molecule has 2 saturated carbocycles. The maximum atomic E-state index is 13.3. The van der Waals surface area contributed by atoms with E-state index in [1.165, 1.54) is 49.4 Å². The molecule has 250 valence electrons. The third kappa shape index (κ3) is 8.83. The Morgan fingerprint density at radius 3 is 2.67 bits per heavy atom. The third-order valence-corrected chi connectivity index (χ3v) is 9.71. The van der Waals surface area contributed by atoms with E-state index in [0.717, 1.165) is 31.8 Å². The van der Waals surface area contributed by atoms with Crippen LogP contribution in [0.15, 0.2) is 35.3 Å². The summed E-state index contributed by atoms with van der Waals surface area (Å²) in [6.07, 6.45) is 4.85. The lowest BCUT2D eigenvalue weighted by atomic mass is 9.65. The molecule has 3 amide bonds. The Labute approximate surface area is 268 Å². The number of ether oxygens (including phenoxy) is 1. The molecule has 2 fully saturated rings. The van der Waals surface area contributed by atoms with Crippen molar-refractivity contribution < 1.29 is 37.1 Å². The minimum Gasteiger partial charge on any atom is -0.466 e. The van der Waals surface area contributed by atoms with Crippen LogP contribution in [0.4, 0.5) is 18.9 Å². The number of nitrogens with zero attached hydrogens (tertiary/aromatic N) is 2. The minimum absolute atomic E-state index is 0.0367. The summed E-state index contributed by atoms with van der Waals surface area (Å²) in [5, 5.41) is 6.82. The van der Waals surface area contributed by atoms with Gasteiger partial charge in [-0.3, -0.25) is 19.2 Å². The van der Waals surface area contributed by atoms with Crippen LogP contribution in [0.5, 0.6) is 0 Å². The molecule has 11 nitrogen and oxygen atoms in total. The molecule has 3 N–H and O–H groups in total. The van der Waals surface area contributed by atoms with Crippen molar-refractivity contribution in [1.82, 2.24) is 20.2 Å². The van der Waals surface area contributed by atoms with Crippen LogP contribution in [-0.4, -0.2) is 52.4 Å². The molecule has 4 unspecified atom stereocenters. The fraction of sp³-hybridized carbons (Fsp3) is 0.548. The monoisotopic (exact) mass is 665 g/mol. The Bertz CT molecular complexity index is 1540. The van der Waals surface area contributed by atoms with Gasteiger partial charge in [-0.1, -0.05) is 25.8 Å². The maximum absolute atomic E-state index is 13.3. The summed E-state index contributed by atoms with van der Waals surface area (Å²) >= 11 is 0.148. The normalized spacial score (nSPS) is 21.8. The summed E-state index contributed by atoms with van der Waals surface area (Å²) in [7, 11) is 1.19. The van der Waals surface area contributed by atoms with Crippen molar-refractivity contribution in [2.75, 3.05) is 12.4 Å². The topological polar surface area (TPSA) is 148 Å². The van der Waals surface area contributed by atoms with Gasteiger partial charge >= 0.3 is 12.1 Å². The second-order valence-electron chi connectivity index (χ2n) is 11.9. The van der Waals surface area contributed by atoms with E-state index >= 15 is 0 Å². The van der Waals surface area contributed by atoms with Crippen LogP contribution in [0.3, 0.4) is 0 Å². The number of aryl methyl sites for hydroxylation is 1. The third-order valence-electron chi connectivity index (χ3n) is 8.51. The fourth-order valence-corrected chi connectivity index (χ4v) is 7.20. The summed E-state index contributed by atoms with van der Waals surface area (Å²) in [4.78, 5) is 67.1. The highest BCUT2D eigenvalue weighted by molar-refractivity contribution is 7.13. The number of anilines is 1. The molecule has 0 spiro atoms. The van der Waals surface area contributed by atoms with Crippen molar-refractivity contribution in [3.63, 3.8) is 0 Å². The predicted octanol–water partition coefficient (Wildman–Crippen LogP) is 4.21. The number of rotatable bonds is 11. The van der Waals surface area contributed by atoms with Crippen molar-refractivity contribution in [3.8, 4) is 0 Å². The molecule has 46 heavy (non-hydrogen) atoms. The zero-order chi connectivity index (χ0) is 33.6. The first-order valence-electron chi connectivity index (χ1n) is 15.2. The SMILES string of the molecule is COC(=O)/C=C/CC[C@H](NC(=O)c1sc(C(F)(F)F)nc1C)C(=O)Nc1cccn(CC(=O)NC2C(C)CC3CCCC2C3)c1=O. The Hall–Kier alpha value is -4.01. The molecule has 2 aromatic rings. The van der Waals surface area contributed by atoms with E-state index in [1.807, 2.05) is 0 Å². The van der Waals surface area contributed by atoms with Crippen molar-refractivity contribution >= 4 is 40.7 Å². The van der Waals surface area contributed by atoms with Crippen molar-refractivity contribution in [2.24, 2.45) is 17.8 Å². The number of amides is 3. The van der Waals surface area contributed by atoms with Crippen LogP contribution >= 0.6 is 11.3 Å². The fourth-order valence-electron chi connectivity index (χ4n) is 6.36. The molecular formula is C31H38F3N5O6S. The number of aromatic nitrogens is 2. The highest BCUT2D eigenvalue weighted by Gasteiger charge is 2.39. The quantitative estimate of drug-likeness (QED) is 0.241. The zero-order valence-corrected chi connectivity index (χ0v) is 26.6. The van der Waals surface area contributed by atoms with Gasteiger partial charge in [0.1, 0.15) is 23.2 Å². The van der Waals surface area contributed by atoms with Crippen LogP contribution < -0.4 is 21.5 Å². The number of alkyl halides is 3. The number of pyridine rings is 1. The number of hydrogen-bond acceptors (Lipinski definition) is 8. The van der Waals surface area contributed by atoms with Gasteiger partial charge in [0.05, 0.1) is 12.8 Å². The van der Waals surface area contributed by atoms with Gasteiger partial charge in [0.2, 0.25) is 11.8 Å². The van der Waals surface area contributed by atoms with Crippen molar-refractivity contribution in [2.45, 2.75) is 83.6 Å². The Morgan fingerprint density at radius 1 is 1.22 bits per heavy atom. The number of methoxy groups -OCH3 is 1. The largest absolute Gasteiger partial charge is 0.466 e. The van der Waals surface area contributed by atoms with E-state index in [-0.39, 0.29) is 58.9 Å². The molecular weight excluding hydrogens is 627 g/mol. The summed E-state index contributed by atoms with van der Waals surface area (Å²) in [5.74, 6) is -1.28. The van der Waals surface area contributed by atoms with Gasteiger partial charge in [0.25, 0.3) is 11.5 Å². The predicted molar refractivity (Wildman–Crippen MR) is 164 cm³/mol. The van der Waals surface area contributed by atoms with E-state index < -0.39 is 40.6 Å². The molecule has 5 atom stereocenters. The number of nitrogens with one attached hydrogen (secondary N) is 3. The molecule has 2 bridgehead atoms. The Balaban J connectivity index is 1.46. The lowest BCUT2D eigenvalue weighted by Gasteiger charge is -2.44. The molecule has 0 aliphatic heterocycles. The van der Waals surface area contributed by atoms with E-state index in [0.29, 0.717) is 17.8 Å². The second-order valence-corrected chi connectivity index (χ2v) is 12.9. The van der Waals surface area contributed by atoms with Crippen LogP contribution in [0.2, 0.25) is 0 Å². The Kier molecular flexibility index (Phi) is 11.4. The first kappa shape index (κ1) is 34.9. The van der Waals surface area contributed by atoms with Gasteiger partial charge in [0.15, 0.2) is 5.01 Å². The van der Waals surface area contributed by atoms with Gasteiger partial charge in [-0.05, 0) is 68.9 Å². The number of allylic oxidation sites excluding steroid dienone is 1. The highest BCUT2D eigenvalue weighted by atomic mass is 32.1. The lowest BCUT2D eigenvalue weighted by Crippen LogP contribution is -2.50. The standard InChI is InChI=1S/C31H38F3N5O6S/c1-17-14-19-8-6-9-20(15-19)25(17)38-23(40)16-39-13-7-11-22(29(39)44)37-27(42)21(10-4-5-12-24(41)45-3)36-28(43)26-18(2)35-30(46-26)31(32,33)34/h5,7,11-13,17,19-21,25H,4,6,8-10,14-16H2,1-3H3,(H,36,43)(H,37,42)(H,38,40)/b12-5+/t17?,19?,20?,21-,25?/m0/s1. The summed E-state index contributed by atoms with van der Waals surface area (Å²) in [5.41, 5.74) is -0.960. The summed E-state index contributed by atoms with van der Waals surface area (Å²) in [6.45, 7) is 3.13. The van der Waals surface area contributed by atoms with Crippen LogP contribution in [0.1, 0.15) is 72.2 Å². The Morgan fingerprint density at radius 2 is 1.98 bits per heavy atom. The molecule has 2 heterocycles. The average Bonchev–Trinajstić information content (AvgIpc) is 3.41. The summed E-state index contributed by atoms with van der Waals surface area (Å²) < 4.78 is 45.2. The molecule has 2 aromatic heterocycles. The van der Waals surface area contributed by atoms with Crippen LogP contribution in [-0.2, 0) is 31.8 Å².